The Kier molecular flexibility index (Phi) is 161. The molecule has 0 aliphatic heterocycles. The SMILES string of the molecule is C=CC.CC.CC.CC.CC=C(C)S. The van der Waals surface area contributed by atoms with Gasteiger partial charge in [-0.1, -0.05) is 53.7 Å². The van der Waals surface area contributed by atoms with E-state index in [1.54, 1.807) is 6.08 Å². The zero-order valence-electron chi connectivity index (χ0n) is 11.8. The summed E-state index contributed by atoms with van der Waals surface area (Å²) in [7, 11) is 0. The minimum atomic E-state index is 1.07. The van der Waals surface area contributed by atoms with Gasteiger partial charge in [0, 0.05) is 0 Å². The van der Waals surface area contributed by atoms with Crippen molar-refractivity contribution < 1.29 is 0 Å². The molecule has 0 rings (SSSR count). The fourth-order valence-electron chi connectivity index (χ4n) is 0. The minimum absolute atomic E-state index is 1.07. The highest BCUT2D eigenvalue weighted by atomic mass is 32.1. The molecule has 0 heterocycles. The maximum atomic E-state index is 3.96. The molecule has 0 amide bonds. The molecule has 0 aromatic carbocycles. The van der Waals surface area contributed by atoms with Crippen LogP contribution in [0.4, 0.5) is 0 Å². The molecule has 0 aromatic heterocycles. The second kappa shape index (κ2) is 77.0. The van der Waals surface area contributed by atoms with E-state index in [4.69, 9.17) is 0 Å². The van der Waals surface area contributed by atoms with Crippen LogP contribution in [0.2, 0.25) is 0 Å². The summed E-state index contributed by atoms with van der Waals surface area (Å²) in [6, 6.07) is 0. The molecule has 1 heteroatoms. The van der Waals surface area contributed by atoms with Crippen molar-refractivity contribution in [1.29, 1.82) is 0 Å². The van der Waals surface area contributed by atoms with E-state index in [9.17, 15) is 0 Å². The molecule has 0 N–H and O–H groups in total. The van der Waals surface area contributed by atoms with E-state index >= 15 is 0 Å². The van der Waals surface area contributed by atoms with Crippen molar-refractivity contribution in [2.45, 2.75) is 62.3 Å². The predicted octanol–water partition coefficient (Wildman–Crippen LogP) is 6.11. The van der Waals surface area contributed by atoms with Gasteiger partial charge < -0.3 is 0 Å². The van der Waals surface area contributed by atoms with Crippen molar-refractivity contribution in [2.24, 2.45) is 0 Å². The largest absolute Gasteiger partial charge is 0.149 e. The fraction of sp³-hybridized carbons (Fsp3) is 0.692. The summed E-state index contributed by atoms with van der Waals surface area (Å²) >= 11 is 3.96. The zero-order valence-corrected chi connectivity index (χ0v) is 12.7. The van der Waals surface area contributed by atoms with Crippen LogP contribution >= 0.6 is 12.6 Å². The third-order valence-electron chi connectivity index (χ3n) is 0.418. The van der Waals surface area contributed by atoms with Gasteiger partial charge in [-0.3, -0.25) is 0 Å². The summed E-state index contributed by atoms with van der Waals surface area (Å²) in [5.41, 5.74) is 0. The summed E-state index contributed by atoms with van der Waals surface area (Å²) in [6.45, 7) is 21.2. The van der Waals surface area contributed by atoms with Crippen molar-refractivity contribution in [1.82, 2.24) is 0 Å². The van der Waals surface area contributed by atoms with Crippen molar-refractivity contribution in [2.75, 3.05) is 0 Å². The highest BCUT2D eigenvalue weighted by Gasteiger charge is 1.61. The van der Waals surface area contributed by atoms with Gasteiger partial charge in [0.15, 0.2) is 0 Å². The highest BCUT2D eigenvalue weighted by molar-refractivity contribution is 7.84. The minimum Gasteiger partial charge on any atom is -0.149 e. The molecule has 0 atom stereocenters. The smallest absolute Gasteiger partial charge is 0.0258 e. The summed E-state index contributed by atoms with van der Waals surface area (Å²) in [5, 5.41) is 0. The maximum absolute atomic E-state index is 3.96. The topological polar surface area (TPSA) is 0 Å². The fourth-order valence-corrected chi connectivity index (χ4v) is 0. The summed E-state index contributed by atoms with van der Waals surface area (Å²) in [5.74, 6) is 0. The van der Waals surface area contributed by atoms with Gasteiger partial charge in [-0.05, 0) is 25.7 Å². The van der Waals surface area contributed by atoms with Gasteiger partial charge in [0.05, 0.1) is 0 Å². The molecule has 0 spiro atoms. The molecule has 0 nitrogen and oxygen atoms in total. The maximum Gasteiger partial charge on any atom is -0.0258 e. The number of rotatable bonds is 0. The Morgan fingerprint density at radius 3 is 1.00 bits per heavy atom. The van der Waals surface area contributed by atoms with E-state index in [1.165, 1.54) is 0 Å². The van der Waals surface area contributed by atoms with Gasteiger partial charge in [-0.15, -0.1) is 19.2 Å². The van der Waals surface area contributed by atoms with Crippen molar-refractivity contribution in [3.63, 3.8) is 0 Å². The molecule has 0 aliphatic carbocycles. The first-order valence-electron chi connectivity index (χ1n) is 5.58. The first-order valence-corrected chi connectivity index (χ1v) is 6.02. The van der Waals surface area contributed by atoms with Crippen LogP contribution in [0.3, 0.4) is 0 Å². The van der Waals surface area contributed by atoms with Gasteiger partial charge in [0.1, 0.15) is 0 Å². The lowest BCUT2D eigenvalue weighted by molar-refractivity contribution is 1.50. The quantitative estimate of drug-likeness (QED) is 0.369. The van der Waals surface area contributed by atoms with E-state index in [0.717, 1.165) is 4.91 Å². The van der Waals surface area contributed by atoms with Crippen LogP contribution < -0.4 is 0 Å². The average Bonchev–Trinajstić information content (AvgIpc) is 2.27. The van der Waals surface area contributed by atoms with Crippen LogP contribution in [-0.4, -0.2) is 0 Å². The first kappa shape index (κ1) is 29.2. The van der Waals surface area contributed by atoms with Crippen LogP contribution in [-0.2, 0) is 0 Å². The van der Waals surface area contributed by atoms with Crippen molar-refractivity contribution >= 4 is 12.6 Å². The van der Waals surface area contributed by atoms with E-state index in [1.807, 2.05) is 68.4 Å². The third-order valence-corrected chi connectivity index (χ3v) is 0.676. The lowest BCUT2D eigenvalue weighted by Crippen LogP contribution is -1.45. The average molecular weight is 220 g/mol. The van der Waals surface area contributed by atoms with Gasteiger partial charge in [-0.2, -0.15) is 0 Å². The van der Waals surface area contributed by atoms with Crippen LogP contribution in [0.5, 0.6) is 0 Å². The molecule has 0 radical (unpaired) electrons. The number of hydrogen-bond donors (Lipinski definition) is 1. The van der Waals surface area contributed by atoms with Crippen LogP contribution in [0.1, 0.15) is 62.3 Å². The van der Waals surface area contributed by atoms with E-state index < -0.39 is 0 Å². The molecular formula is C13H32S. The van der Waals surface area contributed by atoms with Crippen LogP contribution in [0.25, 0.3) is 0 Å². The Morgan fingerprint density at radius 2 is 1.00 bits per heavy atom. The third kappa shape index (κ3) is 414. The van der Waals surface area contributed by atoms with Crippen LogP contribution in [0.15, 0.2) is 23.6 Å². The molecule has 0 aromatic rings. The Balaban J connectivity index is -0.0000000263. The summed E-state index contributed by atoms with van der Waals surface area (Å²) in [6.07, 6.45) is 3.70. The van der Waals surface area contributed by atoms with Crippen LogP contribution in [0, 0.1) is 0 Å². The molecule has 0 saturated heterocycles. The molecule has 0 saturated carbocycles. The van der Waals surface area contributed by atoms with Gasteiger partial charge in [0.25, 0.3) is 0 Å². The first-order chi connectivity index (χ1) is 6.68. The zero-order chi connectivity index (χ0) is 13.0. The predicted molar refractivity (Wildman–Crippen MR) is 78.3 cm³/mol. The van der Waals surface area contributed by atoms with E-state index in [-0.39, 0.29) is 0 Å². The van der Waals surface area contributed by atoms with Gasteiger partial charge in [0.2, 0.25) is 0 Å². The molecule has 14 heavy (non-hydrogen) atoms. The summed E-state index contributed by atoms with van der Waals surface area (Å²) in [4.78, 5) is 1.07. The number of allylic oxidation sites excluding steroid dienone is 3. The lowest BCUT2D eigenvalue weighted by Gasteiger charge is -1.73. The van der Waals surface area contributed by atoms with E-state index in [0.29, 0.717) is 0 Å². The van der Waals surface area contributed by atoms with Gasteiger partial charge >= 0.3 is 0 Å². The Labute approximate surface area is 98.9 Å². The lowest BCUT2D eigenvalue weighted by atomic mass is 10.6. The number of thiol groups is 1. The van der Waals surface area contributed by atoms with Crippen molar-refractivity contribution in [3.05, 3.63) is 23.6 Å². The summed E-state index contributed by atoms with van der Waals surface area (Å²) < 4.78 is 0. The molecule has 0 bridgehead atoms. The second-order valence-corrected chi connectivity index (χ2v) is 2.04. The Bertz CT molecular complexity index is 69.3. The normalized spacial score (nSPS) is 6.57. The standard InChI is InChI=1S/C4H8S.C3H6.3C2H6/c1-3-4(2)5;1-3-2;3*1-2/h3,5H,1-2H3;3H,1H2,2H3;3*1-2H3. The number of hydrogen-bond acceptors (Lipinski definition) is 1. The monoisotopic (exact) mass is 220 g/mol. The molecular weight excluding hydrogens is 188 g/mol. The van der Waals surface area contributed by atoms with Crippen molar-refractivity contribution in [3.8, 4) is 0 Å². The molecule has 0 fully saturated rings. The Hall–Kier alpha value is -0.170. The second-order valence-electron chi connectivity index (χ2n) is 1.34. The Morgan fingerprint density at radius 1 is 0.929 bits per heavy atom. The molecule has 0 unspecified atom stereocenters. The highest BCUT2D eigenvalue weighted by Crippen LogP contribution is 1.92. The van der Waals surface area contributed by atoms with E-state index in [2.05, 4.69) is 19.2 Å². The molecule has 0 aliphatic rings. The molecule has 90 valence electrons. The van der Waals surface area contributed by atoms with Gasteiger partial charge in [-0.25, -0.2) is 0 Å².